The average Bonchev–Trinajstić information content (AvgIpc) is 3.01. The lowest BCUT2D eigenvalue weighted by atomic mass is 10.1. The van der Waals surface area contributed by atoms with Crippen molar-refractivity contribution in [2.45, 2.75) is 32.4 Å². The molecule has 0 saturated carbocycles. The number of benzene rings is 2. The van der Waals surface area contributed by atoms with Crippen LogP contribution in [0, 0.1) is 5.82 Å². The number of anilines is 3. The standard InChI is InChI=1S/C24H29FN4O4/c1-17(30)2-8-21-16-29(24(31)33-21)20-7-9-23(22(25)14-20)27-10-11-28(32-13-12-27)15-18-3-5-19(26)6-4-18/h3-7,9,14,21H,2,8,10-13,15-16,26H2,1H3/t21-/m0/s1. The molecule has 1 atom stereocenters. The van der Waals surface area contributed by atoms with Crippen LogP contribution in [-0.2, 0) is 20.9 Å². The van der Waals surface area contributed by atoms with Gasteiger partial charge in [0, 0.05) is 38.3 Å². The normalized spacial score (nSPS) is 19.5. The fourth-order valence-corrected chi connectivity index (χ4v) is 4.05. The van der Waals surface area contributed by atoms with E-state index in [0.717, 1.165) is 11.3 Å². The van der Waals surface area contributed by atoms with Crippen LogP contribution < -0.4 is 15.5 Å². The minimum atomic E-state index is -0.516. The number of cyclic esters (lactones) is 1. The largest absolute Gasteiger partial charge is 0.444 e. The lowest BCUT2D eigenvalue weighted by Gasteiger charge is -2.24. The maximum Gasteiger partial charge on any atom is 0.414 e. The summed E-state index contributed by atoms with van der Waals surface area (Å²) in [6, 6.07) is 12.4. The minimum absolute atomic E-state index is 0.0494. The number of nitrogens with two attached hydrogens (primary N) is 1. The zero-order chi connectivity index (χ0) is 23.4. The van der Waals surface area contributed by atoms with E-state index < -0.39 is 11.9 Å². The number of hydrogen-bond acceptors (Lipinski definition) is 7. The lowest BCUT2D eigenvalue weighted by molar-refractivity contribution is -0.154. The van der Waals surface area contributed by atoms with E-state index in [4.69, 9.17) is 15.3 Å². The highest BCUT2D eigenvalue weighted by atomic mass is 19.1. The number of nitrogens with zero attached hydrogens (tertiary/aromatic N) is 3. The summed E-state index contributed by atoms with van der Waals surface area (Å²) in [5.41, 5.74) is 8.47. The Kier molecular flexibility index (Phi) is 7.10. The molecule has 0 aliphatic carbocycles. The van der Waals surface area contributed by atoms with Crippen molar-refractivity contribution >= 4 is 28.9 Å². The summed E-state index contributed by atoms with van der Waals surface area (Å²) in [4.78, 5) is 32.6. The van der Waals surface area contributed by atoms with Crippen molar-refractivity contribution in [3.8, 4) is 0 Å². The van der Waals surface area contributed by atoms with Gasteiger partial charge in [0.15, 0.2) is 0 Å². The molecule has 2 saturated heterocycles. The first-order valence-corrected chi connectivity index (χ1v) is 11.1. The third-order valence-electron chi connectivity index (χ3n) is 5.87. The monoisotopic (exact) mass is 456 g/mol. The van der Waals surface area contributed by atoms with Gasteiger partial charge in [-0.05, 0) is 49.2 Å². The van der Waals surface area contributed by atoms with Crippen LogP contribution in [0.4, 0.5) is 26.2 Å². The molecule has 2 N–H and O–H groups in total. The SMILES string of the molecule is CC(=O)CC[C@H]1CN(c2ccc(N3CCON(Cc4ccc(N)cc4)CC3)c(F)c2)C(=O)O1. The zero-order valence-corrected chi connectivity index (χ0v) is 18.7. The first-order chi connectivity index (χ1) is 15.9. The maximum absolute atomic E-state index is 15.0. The molecule has 9 heteroatoms. The number of hydroxylamine groups is 2. The summed E-state index contributed by atoms with van der Waals surface area (Å²) in [7, 11) is 0. The van der Waals surface area contributed by atoms with Crippen molar-refractivity contribution in [1.29, 1.82) is 0 Å². The topological polar surface area (TPSA) is 88.3 Å². The molecule has 2 heterocycles. The van der Waals surface area contributed by atoms with E-state index in [2.05, 4.69) is 0 Å². The fraction of sp³-hybridized carbons (Fsp3) is 0.417. The summed E-state index contributed by atoms with van der Waals surface area (Å²) >= 11 is 0. The molecule has 0 radical (unpaired) electrons. The predicted octanol–water partition coefficient (Wildman–Crippen LogP) is 3.36. The maximum atomic E-state index is 15.0. The fourth-order valence-electron chi connectivity index (χ4n) is 4.05. The van der Waals surface area contributed by atoms with Crippen LogP contribution in [0.5, 0.6) is 0 Å². The van der Waals surface area contributed by atoms with Gasteiger partial charge in [0.1, 0.15) is 17.7 Å². The Morgan fingerprint density at radius 1 is 1.15 bits per heavy atom. The lowest BCUT2D eigenvalue weighted by Crippen LogP contribution is -2.31. The van der Waals surface area contributed by atoms with Crippen molar-refractivity contribution in [2.24, 2.45) is 0 Å². The van der Waals surface area contributed by atoms with Crippen molar-refractivity contribution in [2.75, 3.05) is 48.3 Å². The number of carbonyl (C=O) groups is 2. The Morgan fingerprint density at radius 2 is 1.94 bits per heavy atom. The molecule has 2 aliphatic heterocycles. The van der Waals surface area contributed by atoms with E-state index >= 15 is 4.39 Å². The number of hydrogen-bond donors (Lipinski definition) is 1. The van der Waals surface area contributed by atoms with Gasteiger partial charge in [-0.25, -0.2) is 9.18 Å². The molecular weight excluding hydrogens is 427 g/mol. The number of halogens is 1. The third kappa shape index (κ3) is 5.80. The number of Topliss-reactive ketones (excluding diaryl/α,β-unsaturated/α-hetero) is 1. The molecule has 2 fully saturated rings. The molecular formula is C24H29FN4O4. The van der Waals surface area contributed by atoms with Crippen molar-refractivity contribution in [1.82, 2.24) is 5.06 Å². The van der Waals surface area contributed by atoms with E-state index in [1.807, 2.05) is 34.2 Å². The highest BCUT2D eigenvalue weighted by Crippen LogP contribution is 2.29. The highest BCUT2D eigenvalue weighted by molar-refractivity contribution is 5.90. The summed E-state index contributed by atoms with van der Waals surface area (Å²) in [5.74, 6) is -0.354. The predicted molar refractivity (Wildman–Crippen MR) is 123 cm³/mol. The van der Waals surface area contributed by atoms with E-state index in [1.165, 1.54) is 17.9 Å². The van der Waals surface area contributed by atoms with Crippen LogP contribution >= 0.6 is 0 Å². The summed E-state index contributed by atoms with van der Waals surface area (Å²) in [5, 5.41) is 1.87. The van der Waals surface area contributed by atoms with Crippen LogP contribution in [0.3, 0.4) is 0 Å². The number of amides is 1. The quantitative estimate of drug-likeness (QED) is 0.639. The molecule has 2 aliphatic rings. The van der Waals surface area contributed by atoms with Crippen molar-refractivity contribution in [3.63, 3.8) is 0 Å². The second-order valence-corrected chi connectivity index (χ2v) is 8.42. The third-order valence-corrected chi connectivity index (χ3v) is 5.87. The number of ether oxygens (including phenoxy) is 1. The van der Waals surface area contributed by atoms with Gasteiger partial charge in [-0.3, -0.25) is 9.74 Å². The van der Waals surface area contributed by atoms with Crippen LogP contribution in [0.25, 0.3) is 0 Å². The molecule has 4 rings (SSSR count). The van der Waals surface area contributed by atoms with Gasteiger partial charge in [0.2, 0.25) is 0 Å². The zero-order valence-electron chi connectivity index (χ0n) is 18.7. The number of rotatable bonds is 7. The van der Waals surface area contributed by atoms with Gasteiger partial charge in [-0.2, -0.15) is 5.06 Å². The van der Waals surface area contributed by atoms with Gasteiger partial charge >= 0.3 is 6.09 Å². The highest BCUT2D eigenvalue weighted by Gasteiger charge is 2.33. The second kappa shape index (κ2) is 10.2. The summed E-state index contributed by atoms with van der Waals surface area (Å²) in [6.45, 7) is 4.64. The van der Waals surface area contributed by atoms with Gasteiger partial charge < -0.3 is 20.2 Å². The molecule has 33 heavy (non-hydrogen) atoms. The van der Waals surface area contributed by atoms with Crippen LogP contribution in [0.1, 0.15) is 25.3 Å². The van der Waals surface area contributed by atoms with Crippen LogP contribution in [-0.4, -0.2) is 55.8 Å². The smallest absolute Gasteiger partial charge is 0.414 e. The molecule has 0 unspecified atom stereocenters. The molecule has 2 aromatic rings. The molecule has 2 aromatic carbocycles. The Morgan fingerprint density at radius 3 is 2.67 bits per heavy atom. The molecule has 176 valence electrons. The Labute approximate surface area is 192 Å². The Balaban J connectivity index is 1.37. The van der Waals surface area contributed by atoms with Gasteiger partial charge in [0.05, 0.1) is 24.5 Å². The minimum Gasteiger partial charge on any atom is -0.444 e. The molecule has 0 spiro atoms. The van der Waals surface area contributed by atoms with E-state index in [-0.39, 0.29) is 11.9 Å². The van der Waals surface area contributed by atoms with Crippen LogP contribution in [0.2, 0.25) is 0 Å². The summed E-state index contributed by atoms with van der Waals surface area (Å²) in [6.07, 6.45) is -0.0549. The summed E-state index contributed by atoms with van der Waals surface area (Å²) < 4.78 is 20.4. The Bertz CT molecular complexity index is 1000. The van der Waals surface area contributed by atoms with E-state index in [1.54, 1.807) is 12.1 Å². The number of nitrogen functional groups attached to an aromatic ring is 1. The number of carbonyl (C=O) groups excluding carboxylic acids is 2. The van der Waals surface area contributed by atoms with E-state index in [0.29, 0.717) is 63.5 Å². The molecule has 0 bridgehead atoms. The van der Waals surface area contributed by atoms with Gasteiger partial charge in [-0.1, -0.05) is 12.1 Å². The first-order valence-electron chi connectivity index (χ1n) is 11.1. The van der Waals surface area contributed by atoms with Crippen molar-refractivity contribution in [3.05, 3.63) is 53.8 Å². The van der Waals surface area contributed by atoms with Crippen molar-refractivity contribution < 1.29 is 23.6 Å². The Hall–Kier alpha value is -3.17. The molecule has 8 nitrogen and oxygen atoms in total. The molecule has 0 aromatic heterocycles. The molecule has 1 amide bonds. The van der Waals surface area contributed by atoms with Gasteiger partial charge in [-0.15, -0.1) is 0 Å². The van der Waals surface area contributed by atoms with Crippen LogP contribution in [0.15, 0.2) is 42.5 Å². The second-order valence-electron chi connectivity index (χ2n) is 8.42. The number of ketones is 1. The first kappa shape index (κ1) is 23.0. The van der Waals surface area contributed by atoms with Gasteiger partial charge in [0.25, 0.3) is 0 Å². The average molecular weight is 457 g/mol. The van der Waals surface area contributed by atoms with E-state index in [9.17, 15) is 9.59 Å².